The van der Waals surface area contributed by atoms with E-state index < -0.39 is 6.10 Å². The lowest BCUT2D eigenvalue weighted by Crippen LogP contribution is -2.32. The molecule has 25 heavy (non-hydrogen) atoms. The number of hydrogen-bond acceptors (Lipinski definition) is 5. The van der Waals surface area contributed by atoms with Crippen molar-refractivity contribution in [3.05, 3.63) is 53.1 Å². The Labute approximate surface area is 151 Å². The molecule has 0 heterocycles. The molecule has 2 rings (SSSR count). The molecule has 2 aromatic carbocycles. The van der Waals surface area contributed by atoms with Crippen molar-refractivity contribution in [1.82, 2.24) is 5.32 Å². The molecule has 0 saturated heterocycles. The van der Waals surface area contributed by atoms with Gasteiger partial charge < -0.3 is 24.6 Å². The lowest BCUT2D eigenvalue weighted by atomic mass is 10.1. The standard InChI is InChI=1S/C18H20ClNO5/c1-23-12-7-8-16(24-2)13(9-12)15(21)10-20-18(22)11-25-17-6-4-3-5-14(17)19/h3-9,15,21H,10-11H2,1-2H3,(H,20,22). The molecule has 0 aliphatic rings. The molecule has 0 spiro atoms. The minimum atomic E-state index is -0.950. The zero-order chi connectivity index (χ0) is 18.2. The summed E-state index contributed by atoms with van der Waals surface area (Å²) in [6, 6.07) is 12.0. The van der Waals surface area contributed by atoms with Gasteiger partial charge in [-0.15, -0.1) is 0 Å². The molecule has 0 saturated carbocycles. The lowest BCUT2D eigenvalue weighted by Gasteiger charge is -2.16. The summed E-state index contributed by atoms with van der Waals surface area (Å²) in [4.78, 5) is 11.9. The van der Waals surface area contributed by atoms with Crippen LogP contribution in [-0.4, -0.2) is 38.4 Å². The second kappa shape index (κ2) is 9.15. The van der Waals surface area contributed by atoms with Crippen molar-refractivity contribution >= 4 is 17.5 Å². The van der Waals surface area contributed by atoms with Crippen molar-refractivity contribution in [2.45, 2.75) is 6.10 Å². The van der Waals surface area contributed by atoms with Crippen molar-refractivity contribution in [2.75, 3.05) is 27.4 Å². The van der Waals surface area contributed by atoms with Crippen molar-refractivity contribution in [1.29, 1.82) is 0 Å². The monoisotopic (exact) mass is 365 g/mol. The first kappa shape index (κ1) is 18.9. The Morgan fingerprint density at radius 1 is 1.16 bits per heavy atom. The van der Waals surface area contributed by atoms with E-state index in [1.165, 1.54) is 14.2 Å². The number of aliphatic hydroxyl groups excluding tert-OH is 1. The summed E-state index contributed by atoms with van der Waals surface area (Å²) in [6.45, 7) is -0.195. The van der Waals surface area contributed by atoms with Gasteiger partial charge in [-0.25, -0.2) is 0 Å². The summed E-state index contributed by atoms with van der Waals surface area (Å²) in [5.41, 5.74) is 0.522. The SMILES string of the molecule is COc1ccc(OC)c(C(O)CNC(=O)COc2ccccc2Cl)c1. The van der Waals surface area contributed by atoms with E-state index >= 15 is 0 Å². The fourth-order valence-electron chi connectivity index (χ4n) is 2.18. The van der Waals surface area contributed by atoms with E-state index in [0.29, 0.717) is 27.8 Å². The third-order valence-corrected chi connectivity index (χ3v) is 3.80. The molecular formula is C18H20ClNO5. The summed E-state index contributed by atoms with van der Waals surface area (Å²) in [7, 11) is 3.04. The Hall–Kier alpha value is -2.44. The van der Waals surface area contributed by atoms with Gasteiger partial charge in [-0.3, -0.25) is 4.79 Å². The molecule has 6 nitrogen and oxygen atoms in total. The highest BCUT2D eigenvalue weighted by molar-refractivity contribution is 6.32. The molecule has 1 atom stereocenters. The van der Waals surface area contributed by atoms with Crippen LogP contribution in [0.3, 0.4) is 0 Å². The van der Waals surface area contributed by atoms with E-state index in [-0.39, 0.29) is 19.1 Å². The van der Waals surface area contributed by atoms with Crippen molar-refractivity contribution in [3.8, 4) is 17.2 Å². The number of hydrogen-bond donors (Lipinski definition) is 2. The molecule has 1 unspecified atom stereocenters. The maximum Gasteiger partial charge on any atom is 0.258 e. The summed E-state index contributed by atoms with van der Waals surface area (Å²) >= 11 is 5.95. The molecule has 7 heteroatoms. The second-order valence-corrected chi connectivity index (χ2v) is 5.55. The van der Waals surface area contributed by atoms with Gasteiger partial charge in [0.05, 0.1) is 25.3 Å². The number of benzene rings is 2. The van der Waals surface area contributed by atoms with Crippen molar-refractivity contribution in [2.24, 2.45) is 0 Å². The number of aliphatic hydroxyl groups is 1. The molecule has 0 radical (unpaired) electrons. The number of methoxy groups -OCH3 is 2. The lowest BCUT2D eigenvalue weighted by molar-refractivity contribution is -0.123. The first-order valence-electron chi connectivity index (χ1n) is 7.59. The number of ether oxygens (including phenoxy) is 3. The van der Waals surface area contributed by atoms with Crippen molar-refractivity contribution in [3.63, 3.8) is 0 Å². The normalized spacial score (nSPS) is 11.5. The third-order valence-electron chi connectivity index (χ3n) is 3.48. The molecular weight excluding hydrogens is 346 g/mol. The highest BCUT2D eigenvalue weighted by Gasteiger charge is 2.16. The topological polar surface area (TPSA) is 77.0 Å². The predicted octanol–water partition coefficient (Wildman–Crippen LogP) is 2.59. The Balaban J connectivity index is 1.90. The summed E-state index contributed by atoms with van der Waals surface area (Å²) in [5, 5.41) is 13.4. The van der Waals surface area contributed by atoms with Crippen LogP contribution in [0.4, 0.5) is 0 Å². The van der Waals surface area contributed by atoms with Crippen LogP contribution in [0.25, 0.3) is 0 Å². The Morgan fingerprint density at radius 2 is 1.92 bits per heavy atom. The van der Waals surface area contributed by atoms with Crippen LogP contribution in [0.2, 0.25) is 5.02 Å². The zero-order valence-electron chi connectivity index (χ0n) is 14.0. The molecule has 2 aromatic rings. The maximum atomic E-state index is 11.9. The first-order valence-corrected chi connectivity index (χ1v) is 7.97. The number of nitrogens with one attached hydrogen (secondary N) is 1. The minimum absolute atomic E-state index is 0.00818. The highest BCUT2D eigenvalue weighted by Crippen LogP contribution is 2.29. The average Bonchev–Trinajstić information content (AvgIpc) is 2.64. The van der Waals surface area contributed by atoms with E-state index in [1.54, 1.807) is 42.5 Å². The van der Waals surface area contributed by atoms with Crippen LogP contribution in [0.1, 0.15) is 11.7 Å². The highest BCUT2D eigenvalue weighted by atomic mass is 35.5. The average molecular weight is 366 g/mol. The van der Waals surface area contributed by atoms with Crippen LogP contribution in [0.5, 0.6) is 17.2 Å². The van der Waals surface area contributed by atoms with Gasteiger partial charge in [0.25, 0.3) is 5.91 Å². The number of amides is 1. The largest absolute Gasteiger partial charge is 0.497 e. The number of carbonyl (C=O) groups is 1. The fraction of sp³-hybridized carbons (Fsp3) is 0.278. The first-order chi connectivity index (χ1) is 12.0. The molecule has 0 bridgehead atoms. The van der Waals surface area contributed by atoms with E-state index in [0.717, 1.165) is 0 Å². The molecule has 134 valence electrons. The van der Waals surface area contributed by atoms with E-state index in [1.807, 2.05) is 0 Å². The summed E-state index contributed by atoms with van der Waals surface area (Å²) < 4.78 is 15.7. The quantitative estimate of drug-likeness (QED) is 0.752. The van der Waals surface area contributed by atoms with Gasteiger partial charge in [0.15, 0.2) is 6.61 Å². The van der Waals surface area contributed by atoms with Gasteiger partial charge in [-0.1, -0.05) is 23.7 Å². The smallest absolute Gasteiger partial charge is 0.258 e. The maximum absolute atomic E-state index is 11.9. The summed E-state index contributed by atoms with van der Waals surface area (Å²) in [5.74, 6) is 1.15. The van der Waals surface area contributed by atoms with Gasteiger partial charge >= 0.3 is 0 Å². The van der Waals surface area contributed by atoms with Crippen LogP contribution in [0, 0.1) is 0 Å². The number of carbonyl (C=O) groups excluding carboxylic acids is 1. The van der Waals surface area contributed by atoms with Crippen LogP contribution in [-0.2, 0) is 4.79 Å². The molecule has 2 N–H and O–H groups in total. The molecule has 0 aromatic heterocycles. The van der Waals surface area contributed by atoms with Crippen molar-refractivity contribution < 1.29 is 24.1 Å². The van der Waals surface area contributed by atoms with Gasteiger partial charge in [-0.05, 0) is 30.3 Å². The van der Waals surface area contributed by atoms with E-state index in [9.17, 15) is 9.90 Å². The van der Waals surface area contributed by atoms with Crippen LogP contribution < -0.4 is 19.5 Å². The molecule has 1 amide bonds. The molecule has 0 aliphatic carbocycles. The Bertz CT molecular complexity index is 722. The Kier molecular flexibility index (Phi) is 6.91. The Morgan fingerprint density at radius 3 is 2.60 bits per heavy atom. The number of halogens is 1. The molecule has 0 fully saturated rings. The molecule has 0 aliphatic heterocycles. The van der Waals surface area contributed by atoms with Gasteiger partial charge in [-0.2, -0.15) is 0 Å². The second-order valence-electron chi connectivity index (χ2n) is 5.15. The van der Waals surface area contributed by atoms with E-state index in [4.69, 9.17) is 25.8 Å². The van der Waals surface area contributed by atoms with Gasteiger partial charge in [0.2, 0.25) is 0 Å². The van der Waals surface area contributed by atoms with Gasteiger partial charge in [0.1, 0.15) is 17.2 Å². The summed E-state index contributed by atoms with van der Waals surface area (Å²) in [6.07, 6.45) is -0.950. The minimum Gasteiger partial charge on any atom is -0.497 e. The number of para-hydroxylation sites is 1. The van der Waals surface area contributed by atoms with Crippen LogP contribution in [0.15, 0.2) is 42.5 Å². The predicted molar refractivity (Wildman–Crippen MR) is 94.5 cm³/mol. The van der Waals surface area contributed by atoms with Crippen LogP contribution >= 0.6 is 11.6 Å². The van der Waals surface area contributed by atoms with Gasteiger partial charge in [0, 0.05) is 12.1 Å². The zero-order valence-corrected chi connectivity index (χ0v) is 14.7. The van der Waals surface area contributed by atoms with E-state index in [2.05, 4.69) is 5.32 Å². The fourth-order valence-corrected chi connectivity index (χ4v) is 2.37. The number of rotatable bonds is 8. The third kappa shape index (κ3) is 5.27.